The third-order valence-corrected chi connectivity index (χ3v) is 4.26. The molecule has 1 atom stereocenters. The second kappa shape index (κ2) is 8.01. The lowest BCUT2D eigenvalue weighted by Crippen LogP contribution is -2.43. The highest BCUT2D eigenvalue weighted by Gasteiger charge is 2.21. The van der Waals surface area contributed by atoms with Gasteiger partial charge in [-0.25, -0.2) is 4.79 Å². The van der Waals surface area contributed by atoms with Gasteiger partial charge in [0, 0.05) is 12.0 Å². The summed E-state index contributed by atoms with van der Waals surface area (Å²) in [5.41, 5.74) is 1.64. The molecule has 124 valence electrons. The lowest BCUT2D eigenvalue weighted by Gasteiger charge is -2.14. The molecule has 2 rings (SSSR count). The predicted octanol–water partition coefficient (Wildman–Crippen LogP) is 1.52. The van der Waals surface area contributed by atoms with Crippen LogP contribution in [0.5, 0.6) is 5.75 Å². The maximum absolute atomic E-state index is 11.8. The highest BCUT2D eigenvalue weighted by atomic mass is 32.2. The van der Waals surface area contributed by atoms with E-state index in [9.17, 15) is 14.4 Å². The molecular formula is C16H19NO5S. The maximum Gasteiger partial charge on any atom is 0.326 e. The fraction of sp³-hybridized carbons (Fsp3) is 0.438. The van der Waals surface area contributed by atoms with Crippen LogP contribution in [0.15, 0.2) is 18.2 Å². The molecule has 1 aromatic carbocycles. The number of hydrogen-bond acceptors (Lipinski definition) is 5. The Kier molecular flexibility index (Phi) is 6.04. The highest BCUT2D eigenvalue weighted by Crippen LogP contribution is 2.26. The van der Waals surface area contributed by atoms with Crippen molar-refractivity contribution in [1.82, 2.24) is 5.32 Å². The Labute approximate surface area is 138 Å². The van der Waals surface area contributed by atoms with Crippen LogP contribution in [0.2, 0.25) is 0 Å². The van der Waals surface area contributed by atoms with Crippen molar-refractivity contribution in [2.75, 3.05) is 18.6 Å². The number of aryl methyl sites for hydroxylation is 1. The van der Waals surface area contributed by atoms with E-state index >= 15 is 0 Å². The number of thioether (sulfide) groups is 1. The monoisotopic (exact) mass is 337 g/mol. The maximum atomic E-state index is 11.8. The lowest BCUT2D eigenvalue weighted by molar-refractivity contribution is -0.142. The van der Waals surface area contributed by atoms with Gasteiger partial charge < -0.3 is 15.2 Å². The summed E-state index contributed by atoms with van der Waals surface area (Å²) in [6.07, 6.45) is 3.48. The normalized spacial score (nSPS) is 14.2. The van der Waals surface area contributed by atoms with Gasteiger partial charge in [-0.15, -0.1) is 0 Å². The number of amides is 1. The summed E-state index contributed by atoms with van der Waals surface area (Å²) in [5, 5.41) is 11.5. The Hall–Kier alpha value is -2.02. The van der Waals surface area contributed by atoms with E-state index in [1.807, 2.05) is 12.3 Å². The first-order valence-corrected chi connectivity index (χ1v) is 8.70. The average molecular weight is 337 g/mol. The molecule has 0 saturated carbocycles. The van der Waals surface area contributed by atoms with Crippen molar-refractivity contribution in [3.05, 3.63) is 29.3 Å². The molecule has 0 bridgehead atoms. The summed E-state index contributed by atoms with van der Waals surface area (Å²) in [6.45, 7) is -0.282. The van der Waals surface area contributed by atoms with Crippen LogP contribution in [0.4, 0.5) is 0 Å². The van der Waals surface area contributed by atoms with Crippen molar-refractivity contribution in [3.63, 3.8) is 0 Å². The van der Waals surface area contributed by atoms with Crippen LogP contribution in [0.1, 0.15) is 28.8 Å². The molecule has 1 aromatic rings. The summed E-state index contributed by atoms with van der Waals surface area (Å²) in [4.78, 5) is 34.6. The van der Waals surface area contributed by atoms with E-state index in [0.717, 1.165) is 12.0 Å². The van der Waals surface area contributed by atoms with E-state index in [1.165, 1.54) is 11.8 Å². The topological polar surface area (TPSA) is 92.7 Å². The molecule has 1 amide bonds. The van der Waals surface area contributed by atoms with E-state index in [4.69, 9.17) is 9.84 Å². The predicted molar refractivity (Wildman–Crippen MR) is 87.2 cm³/mol. The first-order valence-electron chi connectivity index (χ1n) is 7.31. The molecule has 1 aliphatic rings. The second-order valence-corrected chi connectivity index (χ2v) is 6.26. The molecule has 2 N–H and O–H groups in total. The van der Waals surface area contributed by atoms with Gasteiger partial charge in [0.1, 0.15) is 11.8 Å². The Morgan fingerprint density at radius 2 is 2.17 bits per heavy atom. The third-order valence-electron chi connectivity index (χ3n) is 3.62. The zero-order chi connectivity index (χ0) is 16.8. The minimum atomic E-state index is -1.06. The van der Waals surface area contributed by atoms with Gasteiger partial charge >= 0.3 is 5.97 Å². The first-order chi connectivity index (χ1) is 11.0. The Morgan fingerprint density at radius 3 is 2.87 bits per heavy atom. The number of carbonyl (C=O) groups is 3. The Balaban J connectivity index is 1.88. The van der Waals surface area contributed by atoms with E-state index in [0.29, 0.717) is 29.9 Å². The average Bonchev–Trinajstić information content (AvgIpc) is 2.90. The van der Waals surface area contributed by atoms with Crippen LogP contribution in [-0.2, 0) is 16.0 Å². The number of carbonyl (C=O) groups excluding carboxylic acids is 2. The number of hydrogen-bond donors (Lipinski definition) is 2. The number of ether oxygens (including phenoxy) is 1. The fourth-order valence-electron chi connectivity index (χ4n) is 2.38. The van der Waals surface area contributed by atoms with Crippen molar-refractivity contribution in [1.29, 1.82) is 0 Å². The SMILES string of the molecule is CSCC[C@@H](NC(=O)COc1ccc2c(c1)C(=O)CC2)C(=O)O. The van der Waals surface area contributed by atoms with Crippen molar-refractivity contribution in [2.24, 2.45) is 0 Å². The van der Waals surface area contributed by atoms with Crippen LogP contribution < -0.4 is 10.1 Å². The molecule has 0 saturated heterocycles. The number of aliphatic carboxylic acids is 1. The minimum Gasteiger partial charge on any atom is -0.484 e. The number of Topliss-reactive ketones (excluding diaryl/α,β-unsaturated/α-hetero) is 1. The summed E-state index contributed by atoms with van der Waals surface area (Å²) in [7, 11) is 0. The van der Waals surface area contributed by atoms with Crippen LogP contribution in [0, 0.1) is 0 Å². The van der Waals surface area contributed by atoms with Gasteiger partial charge in [-0.2, -0.15) is 11.8 Å². The fourth-order valence-corrected chi connectivity index (χ4v) is 2.86. The molecule has 0 aromatic heterocycles. The number of ketones is 1. The molecule has 0 heterocycles. The Morgan fingerprint density at radius 1 is 1.39 bits per heavy atom. The molecule has 0 radical (unpaired) electrons. The summed E-state index contributed by atoms with van der Waals surface area (Å²) in [5.74, 6) is -0.394. The van der Waals surface area contributed by atoms with Gasteiger partial charge in [-0.05, 0) is 42.5 Å². The van der Waals surface area contributed by atoms with Crippen LogP contribution >= 0.6 is 11.8 Å². The molecular weight excluding hydrogens is 318 g/mol. The van der Waals surface area contributed by atoms with Gasteiger partial charge in [-0.3, -0.25) is 9.59 Å². The quantitative estimate of drug-likeness (QED) is 0.747. The molecule has 7 heteroatoms. The number of carboxylic acid groups (broad SMARTS) is 1. The van der Waals surface area contributed by atoms with Crippen molar-refractivity contribution in [3.8, 4) is 5.75 Å². The number of benzene rings is 1. The van der Waals surface area contributed by atoms with Crippen molar-refractivity contribution >= 4 is 29.4 Å². The van der Waals surface area contributed by atoms with Crippen molar-refractivity contribution in [2.45, 2.75) is 25.3 Å². The van der Waals surface area contributed by atoms with Gasteiger partial charge in [-0.1, -0.05) is 6.07 Å². The first kappa shape index (κ1) is 17.3. The van der Waals surface area contributed by atoms with Crippen LogP contribution in [0.3, 0.4) is 0 Å². The molecule has 0 fully saturated rings. The van der Waals surface area contributed by atoms with E-state index in [2.05, 4.69) is 5.32 Å². The molecule has 1 aliphatic carbocycles. The number of nitrogens with one attached hydrogen (secondary N) is 1. The summed E-state index contributed by atoms with van der Waals surface area (Å²) < 4.78 is 5.36. The van der Waals surface area contributed by atoms with Gasteiger partial charge in [0.05, 0.1) is 0 Å². The number of carboxylic acids is 1. The zero-order valence-corrected chi connectivity index (χ0v) is 13.6. The van der Waals surface area contributed by atoms with E-state index < -0.39 is 17.9 Å². The zero-order valence-electron chi connectivity index (χ0n) is 12.8. The standard InChI is InChI=1S/C16H19NO5S/c1-23-7-6-13(16(20)21)17-15(19)9-22-11-4-2-10-3-5-14(18)12(10)8-11/h2,4,8,13H,3,5-7,9H2,1H3,(H,17,19)(H,20,21)/t13-/m1/s1. The molecule has 6 nitrogen and oxygen atoms in total. The van der Waals surface area contributed by atoms with Gasteiger partial charge in [0.15, 0.2) is 12.4 Å². The second-order valence-electron chi connectivity index (χ2n) is 5.27. The lowest BCUT2D eigenvalue weighted by atomic mass is 10.1. The summed E-state index contributed by atoms with van der Waals surface area (Å²) >= 11 is 1.52. The van der Waals surface area contributed by atoms with Crippen LogP contribution in [-0.4, -0.2) is 47.4 Å². The number of rotatable bonds is 8. The van der Waals surface area contributed by atoms with Crippen LogP contribution in [0.25, 0.3) is 0 Å². The van der Waals surface area contributed by atoms with Crippen molar-refractivity contribution < 1.29 is 24.2 Å². The highest BCUT2D eigenvalue weighted by molar-refractivity contribution is 7.98. The molecule has 23 heavy (non-hydrogen) atoms. The third kappa shape index (κ3) is 4.72. The summed E-state index contributed by atoms with van der Waals surface area (Å²) in [6, 6.07) is 4.26. The molecule has 0 unspecified atom stereocenters. The largest absolute Gasteiger partial charge is 0.484 e. The molecule has 0 aliphatic heterocycles. The van der Waals surface area contributed by atoms with Gasteiger partial charge in [0.2, 0.25) is 0 Å². The Bertz CT molecular complexity index is 616. The smallest absolute Gasteiger partial charge is 0.326 e. The molecule has 0 spiro atoms. The van der Waals surface area contributed by atoms with Gasteiger partial charge in [0.25, 0.3) is 5.91 Å². The minimum absolute atomic E-state index is 0.0814. The number of fused-ring (bicyclic) bond motifs is 1. The van der Waals surface area contributed by atoms with E-state index in [-0.39, 0.29) is 12.4 Å². The van der Waals surface area contributed by atoms with E-state index in [1.54, 1.807) is 12.1 Å².